The molecule has 234 valence electrons. The highest BCUT2D eigenvalue weighted by molar-refractivity contribution is 6.96. The van der Waals surface area contributed by atoms with Crippen molar-refractivity contribution in [2.75, 3.05) is 4.90 Å². The summed E-state index contributed by atoms with van der Waals surface area (Å²) in [6.45, 7) is 13.6. The van der Waals surface area contributed by atoms with Crippen molar-refractivity contribution < 1.29 is 0 Å². The maximum atomic E-state index is 4.58. The fraction of sp³-hybridized carbons (Fsp3) is 0.136. The molecule has 0 unspecified atom stereocenters. The lowest BCUT2D eigenvalue weighted by atomic mass is 9.34. The van der Waals surface area contributed by atoms with E-state index in [1.165, 1.54) is 60.5 Å². The van der Waals surface area contributed by atoms with Crippen LogP contribution in [0.15, 0.2) is 134 Å². The van der Waals surface area contributed by atoms with Gasteiger partial charge in [0.25, 0.3) is 0 Å². The summed E-state index contributed by atoms with van der Waals surface area (Å²) in [7, 11) is 0. The maximum Gasteiger partial charge on any atom is 0.242 e. The van der Waals surface area contributed by atoms with Gasteiger partial charge in [-0.2, -0.15) is 0 Å². The number of fused-ring (bicyclic) bond motifs is 1. The highest BCUT2D eigenvalue weighted by atomic mass is 15.1. The summed E-state index contributed by atoms with van der Waals surface area (Å²) in [6, 6.07) is 42.3. The first kappa shape index (κ1) is 31.1. The van der Waals surface area contributed by atoms with Crippen LogP contribution in [0.1, 0.15) is 33.4 Å². The standard InChI is InChI=1S/C44H40BN3/c1-29-22-31(3)43(32(4)23-29)45(44-33(5)24-30(2)25-34(44)6)38-15-18-39(19-16-38)48(41-17-14-35-10-7-8-11-36(35)26-41)40-13-9-12-37(27-40)42-28-46-20-21-47-42/h7-28H,1-6H3. The topological polar surface area (TPSA) is 29.0 Å². The maximum absolute atomic E-state index is 4.58. The van der Waals surface area contributed by atoms with E-state index >= 15 is 0 Å². The Bertz CT molecular complexity index is 2150. The zero-order chi connectivity index (χ0) is 33.4. The van der Waals surface area contributed by atoms with Gasteiger partial charge in [0.05, 0.1) is 11.9 Å². The van der Waals surface area contributed by atoms with E-state index in [-0.39, 0.29) is 6.71 Å². The molecule has 0 saturated heterocycles. The van der Waals surface area contributed by atoms with Gasteiger partial charge in [-0.25, -0.2) is 0 Å². The van der Waals surface area contributed by atoms with E-state index in [2.05, 4.69) is 172 Å². The molecule has 0 fully saturated rings. The summed E-state index contributed by atoms with van der Waals surface area (Å²) < 4.78 is 0. The molecule has 0 aliphatic rings. The molecule has 0 spiro atoms. The third-order valence-electron chi connectivity index (χ3n) is 9.49. The van der Waals surface area contributed by atoms with Crippen molar-refractivity contribution >= 4 is 50.9 Å². The van der Waals surface area contributed by atoms with Gasteiger partial charge in [0.15, 0.2) is 0 Å². The monoisotopic (exact) mass is 621 g/mol. The number of aromatic nitrogens is 2. The Morgan fingerprint density at radius 1 is 0.500 bits per heavy atom. The van der Waals surface area contributed by atoms with Crippen molar-refractivity contribution in [2.24, 2.45) is 0 Å². The Labute approximate surface area is 285 Å². The van der Waals surface area contributed by atoms with Gasteiger partial charge in [-0.15, -0.1) is 0 Å². The van der Waals surface area contributed by atoms with Gasteiger partial charge in [0.1, 0.15) is 0 Å². The van der Waals surface area contributed by atoms with Crippen molar-refractivity contribution in [3.05, 3.63) is 167 Å². The van der Waals surface area contributed by atoms with Gasteiger partial charge in [-0.3, -0.25) is 9.97 Å². The minimum atomic E-state index is 0.120. The lowest BCUT2D eigenvalue weighted by Gasteiger charge is -2.28. The van der Waals surface area contributed by atoms with Crippen LogP contribution in [0.2, 0.25) is 0 Å². The smallest absolute Gasteiger partial charge is 0.242 e. The minimum Gasteiger partial charge on any atom is -0.310 e. The number of anilines is 3. The molecule has 48 heavy (non-hydrogen) atoms. The Morgan fingerprint density at radius 3 is 1.69 bits per heavy atom. The number of hydrogen-bond acceptors (Lipinski definition) is 3. The summed E-state index contributed by atoms with van der Waals surface area (Å²) in [5.74, 6) is 0. The van der Waals surface area contributed by atoms with Gasteiger partial charge in [-0.05, 0) is 88.7 Å². The average Bonchev–Trinajstić information content (AvgIpc) is 3.08. The predicted octanol–water partition coefficient (Wildman–Crippen LogP) is 9.13. The molecule has 1 heterocycles. The number of hydrogen-bond donors (Lipinski definition) is 0. The molecular weight excluding hydrogens is 581 g/mol. The second-order valence-electron chi connectivity index (χ2n) is 13.2. The van der Waals surface area contributed by atoms with E-state index in [0.717, 1.165) is 28.3 Å². The molecule has 0 aliphatic carbocycles. The second kappa shape index (κ2) is 13.0. The molecule has 7 rings (SSSR count). The third-order valence-corrected chi connectivity index (χ3v) is 9.49. The lowest BCUT2D eigenvalue weighted by molar-refractivity contribution is 1.20. The van der Waals surface area contributed by atoms with Crippen molar-refractivity contribution in [1.82, 2.24) is 9.97 Å². The highest BCUT2D eigenvalue weighted by Crippen LogP contribution is 2.37. The SMILES string of the molecule is Cc1cc(C)c(B(c2ccc(N(c3cccc(-c4cnccn4)c3)c3ccc4ccccc4c3)cc2)c2c(C)cc(C)cc2C)c(C)c1. The predicted molar refractivity (Wildman–Crippen MR) is 206 cm³/mol. The van der Waals surface area contributed by atoms with Gasteiger partial charge >= 0.3 is 0 Å². The first-order valence-corrected chi connectivity index (χ1v) is 16.7. The molecule has 4 heteroatoms. The van der Waals surface area contributed by atoms with E-state index in [4.69, 9.17) is 0 Å². The van der Waals surface area contributed by atoms with E-state index in [9.17, 15) is 0 Å². The van der Waals surface area contributed by atoms with E-state index in [1.54, 1.807) is 12.4 Å². The Kier molecular flexibility index (Phi) is 8.41. The van der Waals surface area contributed by atoms with Crippen molar-refractivity contribution in [3.8, 4) is 11.3 Å². The molecule has 0 atom stereocenters. The number of nitrogens with zero attached hydrogens (tertiary/aromatic N) is 3. The van der Waals surface area contributed by atoms with E-state index in [1.807, 2.05) is 6.20 Å². The van der Waals surface area contributed by atoms with Crippen LogP contribution in [-0.4, -0.2) is 16.7 Å². The largest absolute Gasteiger partial charge is 0.310 e. The molecule has 7 aromatic rings. The highest BCUT2D eigenvalue weighted by Gasteiger charge is 2.28. The zero-order valence-electron chi connectivity index (χ0n) is 28.6. The summed E-state index contributed by atoms with van der Waals surface area (Å²) >= 11 is 0. The van der Waals surface area contributed by atoms with Gasteiger partial charge in [-0.1, -0.05) is 129 Å². The zero-order valence-corrected chi connectivity index (χ0v) is 28.6. The second-order valence-corrected chi connectivity index (χ2v) is 13.2. The molecule has 0 saturated carbocycles. The minimum absolute atomic E-state index is 0.120. The first-order chi connectivity index (χ1) is 23.3. The molecule has 6 aromatic carbocycles. The fourth-order valence-corrected chi connectivity index (χ4v) is 7.60. The molecule has 0 bridgehead atoms. The molecule has 3 nitrogen and oxygen atoms in total. The van der Waals surface area contributed by atoms with Crippen LogP contribution in [0.25, 0.3) is 22.0 Å². The fourth-order valence-electron chi connectivity index (χ4n) is 7.60. The average molecular weight is 622 g/mol. The van der Waals surface area contributed by atoms with Crippen LogP contribution in [0.3, 0.4) is 0 Å². The van der Waals surface area contributed by atoms with Gasteiger partial charge in [0, 0.05) is 35.0 Å². The van der Waals surface area contributed by atoms with Crippen LogP contribution < -0.4 is 21.3 Å². The van der Waals surface area contributed by atoms with Crippen molar-refractivity contribution in [1.29, 1.82) is 0 Å². The molecule has 0 N–H and O–H groups in total. The Morgan fingerprint density at radius 2 is 1.08 bits per heavy atom. The number of rotatable bonds is 7. The molecule has 0 aliphatic heterocycles. The van der Waals surface area contributed by atoms with Gasteiger partial charge in [0.2, 0.25) is 6.71 Å². The number of benzene rings is 6. The first-order valence-electron chi connectivity index (χ1n) is 16.7. The third kappa shape index (κ3) is 6.02. The molecule has 0 radical (unpaired) electrons. The van der Waals surface area contributed by atoms with Gasteiger partial charge < -0.3 is 4.90 Å². The van der Waals surface area contributed by atoms with Crippen LogP contribution in [0.4, 0.5) is 17.1 Å². The summed E-state index contributed by atoms with van der Waals surface area (Å²) in [4.78, 5) is 11.2. The normalized spacial score (nSPS) is 11.1. The Hall–Kier alpha value is -5.48. The summed E-state index contributed by atoms with van der Waals surface area (Å²) in [5.41, 5.74) is 17.1. The van der Waals surface area contributed by atoms with Crippen LogP contribution in [0.5, 0.6) is 0 Å². The van der Waals surface area contributed by atoms with Crippen LogP contribution in [0, 0.1) is 41.5 Å². The lowest BCUT2D eigenvalue weighted by Crippen LogP contribution is -2.55. The Balaban J connectivity index is 1.39. The molecule has 0 amide bonds. The van der Waals surface area contributed by atoms with Crippen molar-refractivity contribution in [2.45, 2.75) is 41.5 Å². The van der Waals surface area contributed by atoms with E-state index < -0.39 is 0 Å². The summed E-state index contributed by atoms with van der Waals surface area (Å²) in [5, 5.41) is 2.43. The van der Waals surface area contributed by atoms with Crippen LogP contribution in [-0.2, 0) is 0 Å². The summed E-state index contributed by atoms with van der Waals surface area (Å²) in [6.07, 6.45) is 5.27. The number of aryl methyl sites for hydroxylation is 6. The quantitative estimate of drug-likeness (QED) is 0.166. The molecular formula is C44H40BN3. The van der Waals surface area contributed by atoms with Crippen LogP contribution >= 0.6 is 0 Å². The molecule has 1 aromatic heterocycles. The van der Waals surface area contributed by atoms with Crippen molar-refractivity contribution in [3.63, 3.8) is 0 Å². The van der Waals surface area contributed by atoms with E-state index in [0.29, 0.717) is 0 Å².